The lowest BCUT2D eigenvalue weighted by Gasteiger charge is -2.12. The van der Waals surface area contributed by atoms with Crippen LogP contribution in [0.2, 0.25) is 0 Å². The lowest BCUT2D eigenvalue weighted by molar-refractivity contribution is -0.114. The molecule has 3 N–H and O–H groups in total. The molecule has 0 fully saturated rings. The standard InChI is InChI=1S/C35H33N3O5S/c1-2-3-22-43-35(42)27-14-16-28(17-15-27)36-32(39)24-44-30-20-18-29(19-21-30)37-34(41)31(23-25-10-6-4-7-11-25)38-33(40)26-12-8-5-9-13-26/h4-21,23H,2-3,22,24H2,1H3,(H,36,39)(H,37,41)(H,38,40)/b31-23-. The summed E-state index contributed by atoms with van der Waals surface area (Å²) in [5.74, 6) is -1.28. The highest BCUT2D eigenvalue weighted by Gasteiger charge is 2.15. The molecular weight excluding hydrogens is 574 g/mol. The number of ether oxygens (including phenoxy) is 1. The second-order valence-electron chi connectivity index (χ2n) is 9.67. The van der Waals surface area contributed by atoms with E-state index >= 15 is 0 Å². The van der Waals surface area contributed by atoms with Crippen LogP contribution in [0.1, 0.15) is 46.0 Å². The van der Waals surface area contributed by atoms with E-state index in [-0.39, 0.29) is 23.3 Å². The van der Waals surface area contributed by atoms with Crippen molar-refractivity contribution in [1.29, 1.82) is 0 Å². The Labute approximate surface area is 260 Å². The highest BCUT2D eigenvalue weighted by atomic mass is 32.2. The van der Waals surface area contributed by atoms with Crippen LogP contribution < -0.4 is 16.0 Å². The molecule has 4 aromatic rings. The van der Waals surface area contributed by atoms with Gasteiger partial charge in [-0.05, 0) is 78.7 Å². The van der Waals surface area contributed by atoms with Crippen molar-refractivity contribution in [2.45, 2.75) is 24.7 Å². The fourth-order valence-corrected chi connectivity index (χ4v) is 4.62. The molecule has 44 heavy (non-hydrogen) atoms. The second kappa shape index (κ2) is 16.5. The second-order valence-corrected chi connectivity index (χ2v) is 10.7. The molecule has 0 atom stereocenters. The summed E-state index contributed by atoms with van der Waals surface area (Å²) in [6.45, 7) is 2.41. The van der Waals surface area contributed by atoms with Gasteiger partial charge in [0.15, 0.2) is 0 Å². The van der Waals surface area contributed by atoms with Crippen LogP contribution >= 0.6 is 11.8 Å². The van der Waals surface area contributed by atoms with Gasteiger partial charge in [-0.25, -0.2) is 4.79 Å². The van der Waals surface area contributed by atoms with E-state index in [4.69, 9.17) is 4.74 Å². The van der Waals surface area contributed by atoms with E-state index < -0.39 is 11.8 Å². The van der Waals surface area contributed by atoms with Gasteiger partial charge in [0.25, 0.3) is 11.8 Å². The van der Waals surface area contributed by atoms with E-state index in [1.54, 1.807) is 78.9 Å². The fraction of sp³-hybridized carbons (Fsp3) is 0.143. The summed E-state index contributed by atoms with van der Waals surface area (Å²) < 4.78 is 5.20. The summed E-state index contributed by atoms with van der Waals surface area (Å²) in [6.07, 6.45) is 3.38. The number of amides is 3. The highest BCUT2D eigenvalue weighted by molar-refractivity contribution is 8.00. The fourth-order valence-electron chi connectivity index (χ4n) is 3.92. The molecule has 0 aliphatic carbocycles. The summed E-state index contributed by atoms with van der Waals surface area (Å²) in [5, 5.41) is 8.37. The number of carbonyl (C=O) groups is 4. The maximum Gasteiger partial charge on any atom is 0.338 e. The molecule has 3 amide bonds. The van der Waals surface area contributed by atoms with E-state index in [9.17, 15) is 19.2 Å². The Morgan fingerprint density at radius 3 is 2.00 bits per heavy atom. The van der Waals surface area contributed by atoms with Gasteiger partial charge in [-0.3, -0.25) is 14.4 Å². The van der Waals surface area contributed by atoms with Crippen molar-refractivity contribution in [3.05, 3.63) is 132 Å². The van der Waals surface area contributed by atoms with E-state index in [0.717, 1.165) is 23.3 Å². The number of hydrogen-bond donors (Lipinski definition) is 3. The molecule has 0 saturated heterocycles. The number of rotatable bonds is 13. The molecule has 9 heteroatoms. The van der Waals surface area contributed by atoms with Crippen molar-refractivity contribution >= 4 is 52.9 Å². The number of anilines is 2. The number of benzene rings is 4. The monoisotopic (exact) mass is 607 g/mol. The van der Waals surface area contributed by atoms with Gasteiger partial charge in [0.05, 0.1) is 17.9 Å². The van der Waals surface area contributed by atoms with Gasteiger partial charge in [0.1, 0.15) is 5.70 Å². The summed E-state index contributed by atoms with van der Waals surface area (Å²) in [4.78, 5) is 51.3. The summed E-state index contributed by atoms with van der Waals surface area (Å²) >= 11 is 1.34. The molecule has 0 spiro atoms. The molecule has 8 nitrogen and oxygen atoms in total. The molecule has 0 aromatic heterocycles. The van der Waals surface area contributed by atoms with Gasteiger partial charge in [0, 0.05) is 21.8 Å². The van der Waals surface area contributed by atoms with Crippen molar-refractivity contribution in [1.82, 2.24) is 5.32 Å². The van der Waals surface area contributed by atoms with Crippen LogP contribution in [0.5, 0.6) is 0 Å². The van der Waals surface area contributed by atoms with Crippen LogP contribution in [0.3, 0.4) is 0 Å². The Kier molecular flexibility index (Phi) is 11.9. The Morgan fingerprint density at radius 2 is 1.34 bits per heavy atom. The molecule has 4 aromatic carbocycles. The zero-order valence-corrected chi connectivity index (χ0v) is 25.1. The average molecular weight is 608 g/mol. The zero-order valence-electron chi connectivity index (χ0n) is 24.2. The molecule has 0 bridgehead atoms. The minimum absolute atomic E-state index is 0.0987. The molecular formula is C35H33N3O5S. The van der Waals surface area contributed by atoms with E-state index in [0.29, 0.717) is 29.1 Å². The summed E-state index contributed by atoms with van der Waals surface area (Å²) in [6, 6.07) is 31.6. The van der Waals surface area contributed by atoms with Crippen LogP contribution in [-0.4, -0.2) is 36.1 Å². The first kappa shape index (κ1) is 31.8. The predicted molar refractivity (Wildman–Crippen MR) is 174 cm³/mol. The number of carbonyl (C=O) groups excluding carboxylic acids is 4. The van der Waals surface area contributed by atoms with Gasteiger partial charge in [0.2, 0.25) is 5.91 Å². The average Bonchev–Trinajstić information content (AvgIpc) is 3.05. The molecule has 0 heterocycles. The van der Waals surface area contributed by atoms with Crippen LogP contribution in [0.15, 0.2) is 120 Å². The normalized spacial score (nSPS) is 10.9. The Morgan fingerprint density at radius 1 is 0.727 bits per heavy atom. The quantitative estimate of drug-likeness (QED) is 0.0668. The van der Waals surface area contributed by atoms with Crippen LogP contribution in [0.4, 0.5) is 11.4 Å². The third-order valence-corrected chi connectivity index (χ3v) is 7.27. The molecule has 0 unspecified atom stereocenters. The first-order valence-electron chi connectivity index (χ1n) is 14.2. The molecule has 0 aliphatic heterocycles. The third-order valence-electron chi connectivity index (χ3n) is 6.26. The van der Waals surface area contributed by atoms with Crippen LogP contribution in [0, 0.1) is 0 Å². The van der Waals surface area contributed by atoms with E-state index in [1.807, 2.05) is 43.3 Å². The van der Waals surface area contributed by atoms with Gasteiger partial charge >= 0.3 is 5.97 Å². The first-order valence-corrected chi connectivity index (χ1v) is 15.1. The van der Waals surface area contributed by atoms with Gasteiger partial charge in [-0.15, -0.1) is 11.8 Å². The SMILES string of the molecule is CCCCOC(=O)c1ccc(NC(=O)CSc2ccc(NC(=O)/C(=C/c3ccccc3)NC(=O)c3ccccc3)cc2)cc1. The molecule has 0 radical (unpaired) electrons. The Balaban J connectivity index is 1.31. The molecule has 0 aliphatic rings. The molecule has 4 rings (SSSR count). The Hall–Kier alpha value is -5.15. The van der Waals surface area contributed by atoms with Crippen molar-refractivity contribution < 1.29 is 23.9 Å². The van der Waals surface area contributed by atoms with Gasteiger partial charge < -0.3 is 20.7 Å². The highest BCUT2D eigenvalue weighted by Crippen LogP contribution is 2.21. The van der Waals surface area contributed by atoms with Crippen molar-refractivity contribution in [3.63, 3.8) is 0 Å². The summed E-state index contributed by atoms with van der Waals surface area (Å²) in [5.41, 5.74) is 2.84. The Bertz CT molecular complexity index is 1590. The predicted octanol–water partition coefficient (Wildman–Crippen LogP) is 6.78. The van der Waals surface area contributed by atoms with Crippen LogP contribution in [0.25, 0.3) is 6.08 Å². The topological polar surface area (TPSA) is 114 Å². The van der Waals surface area contributed by atoms with Gasteiger partial charge in [-0.2, -0.15) is 0 Å². The maximum absolute atomic E-state index is 13.2. The van der Waals surface area contributed by atoms with Crippen molar-refractivity contribution in [3.8, 4) is 0 Å². The van der Waals surface area contributed by atoms with Crippen molar-refractivity contribution in [2.75, 3.05) is 23.0 Å². The lowest BCUT2D eigenvalue weighted by atomic mass is 10.1. The first-order chi connectivity index (χ1) is 21.4. The number of nitrogens with one attached hydrogen (secondary N) is 3. The zero-order chi connectivity index (χ0) is 31.1. The largest absolute Gasteiger partial charge is 0.462 e. The number of unbranched alkanes of at least 4 members (excludes halogenated alkanes) is 1. The summed E-state index contributed by atoms with van der Waals surface area (Å²) in [7, 11) is 0. The van der Waals surface area contributed by atoms with E-state index in [2.05, 4.69) is 16.0 Å². The van der Waals surface area contributed by atoms with Crippen LogP contribution in [-0.2, 0) is 14.3 Å². The molecule has 224 valence electrons. The lowest BCUT2D eigenvalue weighted by Crippen LogP contribution is -2.30. The maximum atomic E-state index is 13.2. The smallest absolute Gasteiger partial charge is 0.338 e. The van der Waals surface area contributed by atoms with Gasteiger partial charge in [-0.1, -0.05) is 61.9 Å². The van der Waals surface area contributed by atoms with Crippen molar-refractivity contribution in [2.24, 2.45) is 0 Å². The number of thioether (sulfide) groups is 1. The third kappa shape index (κ3) is 9.99. The van der Waals surface area contributed by atoms with E-state index in [1.165, 1.54) is 11.8 Å². The molecule has 0 saturated carbocycles. The number of esters is 1. The minimum atomic E-state index is -0.474. The number of hydrogen-bond acceptors (Lipinski definition) is 6. The minimum Gasteiger partial charge on any atom is -0.462 e.